The van der Waals surface area contributed by atoms with Crippen LogP contribution in [0.2, 0.25) is 0 Å². The van der Waals surface area contributed by atoms with E-state index in [2.05, 4.69) is 61.1 Å². The maximum Gasteiger partial charge on any atom is 0.239 e. The second kappa shape index (κ2) is 14.7. The molecule has 0 bridgehead atoms. The van der Waals surface area contributed by atoms with Crippen LogP contribution < -0.4 is 26.0 Å². The lowest BCUT2D eigenvalue weighted by atomic mass is 9.81. The van der Waals surface area contributed by atoms with E-state index in [-0.39, 0.29) is 17.4 Å². The Hall–Kier alpha value is -2.54. The number of hydrogen-bond acceptors (Lipinski definition) is 5. The molecule has 1 aromatic rings. The summed E-state index contributed by atoms with van der Waals surface area (Å²) in [7, 11) is 0. The molecule has 34 heavy (non-hydrogen) atoms. The number of hydrogen-bond donors (Lipinski definition) is 4. The predicted octanol–water partition coefficient (Wildman–Crippen LogP) is 3.26. The summed E-state index contributed by atoms with van der Waals surface area (Å²) in [4.78, 5) is 22.8. The molecular formula is C27H44N4O3. The fraction of sp³-hybridized carbons (Fsp3) is 0.630. The van der Waals surface area contributed by atoms with Crippen LogP contribution in [0.1, 0.15) is 65.4 Å². The molecule has 2 amide bonds. The first kappa shape index (κ1) is 27.7. The molecule has 1 unspecified atom stereocenters. The van der Waals surface area contributed by atoms with Crippen LogP contribution in [-0.2, 0) is 15.0 Å². The molecule has 1 aromatic carbocycles. The average molecular weight is 473 g/mol. The zero-order valence-electron chi connectivity index (χ0n) is 21.4. The van der Waals surface area contributed by atoms with Crippen LogP contribution in [0.25, 0.3) is 0 Å². The first-order valence-electron chi connectivity index (χ1n) is 12.7. The van der Waals surface area contributed by atoms with E-state index < -0.39 is 0 Å². The largest absolute Gasteiger partial charge is 0.492 e. The fourth-order valence-electron chi connectivity index (χ4n) is 4.07. The highest BCUT2D eigenvalue weighted by Gasteiger charge is 2.25. The topological polar surface area (TPSA) is 91.5 Å². The van der Waals surface area contributed by atoms with Gasteiger partial charge in [-0.1, -0.05) is 57.9 Å². The molecule has 0 aliphatic heterocycles. The average Bonchev–Trinajstić information content (AvgIpc) is 3.61. The van der Waals surface area contributed by atoms with Gasteiger partial charge in [-0.2, -0.15) is 0 Å². The zero-order valence-corrected chi connectivity index (χ0v) is 21.4. The first-order valence-corrected chi connectivity index (χ1v) is 12.7. The van der Waals surface area contributed by atoms with Gasteiger partial charge in [0.1, 0.15) is 12.4 Å². The molecule has 1 fully saturated rings. The SMILES string of the molecule is CC/C=C(/CNCCOc1ccccc1C(C)(C)CCNC=O)NCC(=O)NC(C)CC1CC1. The van der Waals surface area contributed by atoms with Crippen molar-refractivity contribution in [1.82, 2.24) is 21.3 Å². The molecule has 190 valence electrons. The molecule has 7 nitrogen and oxygen atoms in total. The van der Waals surface area contributed by atoms with E-state index in [0.717, 1.165) is 48.6 Å². The summed E-state index contributed by atoms with van der Waals surface area (Å²) in [6.45, 7) is 11.3. The monoisotopic (exact) mass is 472 g/mol. The molecule has 1 saturated carbocycles. The number of ether oxygens (including phenoxy) is 1. The molecule has 2 rings (SSSR count). The van der Waals surface area contributed by atoms with Crippen molar-refractivity contribution >= 4 is 12.3 Å². The van der Waals surface area contributed by atoms with E-state index >= 15 is 0 Å². The van der Waals surface area contributed by atoms with Gasteiger partial charge in [0, 0.05) is 31.4 Å². The Bertz CT molecular complexity index is 790. The molecule has 7 heteroatoms. The number of amides is 2. The van der Waals surface area contributed by atoms with Gasteiger partial charge in [0.25, 0.3) is 0 Å². The second-order valence-corrected chi connectivity index (χ2v) is 9.87. The van der Waals surface area contributed by atoms with Gasteiger partial charge in [-0.15, -0.1) is 0 Å². The van der Waals surface area contributed by atoms with Crippen LogP contribution in [-0.4, -0.2) is 51.1 Å². The Morgan fingerprint density at radius 1 is 1.21 bits per heavy atom. The van der Waals surface area contributed by atoms with Crippen molar-refractivity contribution in [2.24, 2.45) is 5.92 Å². The minimum atomic E-state index is -0.113. The first-order chi connectivity index (χ1) is 16.4. The van der Waals surface area contributed by atoms with Gasteiger partial charge in [0.2, 0.25) is 12.3 Å². The van der Waals surface area contributed by atoms with Crippen molar-refractivity contribution in [2.75, 3.05) is 32.8 Å². The van der Waals surface area contributed by atoms with Crippen molar-refractivity contribution < 1.29 is 14.3 Å². The quantitative estimate of drug-likeness (QED) is 0.194. The van der Waals surface area contributed by atoms with E-state index in [1.165, 1.54) is 12.8 Å². The van der Waals surface area contributed by atoms with Crippen LogP contribution in [0.4, 0.5) is 0 Å². The van der Waals surface area contributed by atoms with E-state index in [4.69, 9.17) is 4.74 Å². The normalized spacial score (nSPS) is 14.9. The van der Waals surface area contributed by atoms with E-state index in [0.29, 0.717) is 32.8 Å². The van der Waals surface area contributed by atoms with Crippen molar-refractivity contribution in [2.45, 2.75) is 71.3 Å². The van der Waals surface area contributed by atoms with Crippen molar-refractivity contribution in [1.29, 1.82) is 0 Å². The Labute approximate surface area is 205 Å². The van der Waals surface area contributed by atoms with E-state index in [9.17, 15) is 9.59 Å². The lowest BCUT2D eigenvalue weighted by Gasteiger charge is -2.27. The number of rotatable bonds is 18. The maximum atomic E-state index is 12.2. The van der Waals surface area contributed by atoms with Gasteiger partial charge in [-0.3, -0.25) is 9.59 Å². The number of carbonyl (C=O) groups excluding carboxylic acids is 2. The minimum Gasteiger partial charge on any atom is -0.492 e. The van der Waals surface area contributed by atoms with Crippen LogP contribution in [0.15, 0.2) is 36.0 Å². The lowest BCUT2D eigenvalue weighted by Crippen LogP contribution is -2.40. The highest BCUT2D eigenvalue weighted by Crippen LogP contribution is 2.34. The zero-order chi connectivity index (χ0) is 24.8. The number of para-hydroxylation sites is 1. The van der Waals surface area contributed by atoms with Gasteiger partial charge in [0.05, 0.1) is 6.54 Å². The molecule has 0 spiro atoms. The molecule has 1 aliphatic carbocycles. The molecule has 1 atom stereocenters. The Balaban J connectivity index is 1.72. The molecule has 0 aromatic heterocycles. The fourth-order valence-corrected chi connectivity index (χ4v) is 4.07. The van der Waals surface area contributed by atoms with Crippen molar-refractivity contribution in [3.63, 3.8) is 0 Å². The van der Waals surface area contributed by atoms with E-state index in [1.807, 2.05) is 18.2 Å². The summed E-state index contributed by atoms with van der Waals surface area (Å²) in [5, 5.41) is 12.5. The smallest absolute Gasteiger partial charge is 0.239 e. The summed E-state index contributed by atoms with van der Waals surface area (Å²) >= 11 is 0. The Morgan fingerprint density at radius 2 is 1.97 bits per heavy atom. The maximum absolute atomic E-state index is 12.2. The van der Waals surface area contributed by atoms with Gasteiger partial charge in [0.15, 0.2) is 0 Å². The van der Waals surface area contributed by atoms with Crippen LogP contribution in [0.5, 0.6) is 5.75 Å². The highest BCUT2D eigenvalue weighted by atomic mass is 16.5. The minimum absolute atomic E-state index is 0.0426. The summed E-state index contributed by atoms with van der Waals surface area (Å²) in [5.74, 6) is 1.73. The third kappa shape index (κ3) is 10.6. The lowest BCUT2D eigenvalue weighted by molar-refractivity contribution is -0.120. The number of nitrogens with one attached hydrogen (secondary N) is 4. The second-order valence-electron chi connectivity index (χ2n) is 9.87. The number of benzene rings is 1. The van der Waals surface area contributed by atoms with Gasteiger partial charge in [-0.25, -0.2) is 0 Å². The predicted molar refractivity (Wildman–Crippen MR) is 138 cm³/mol. The molecular weight excluding hydrogens is 428 g/mol. The molecule has 0 saturated heterocycles. The Morgan fingerprint density at radius 3 is 2.68 bits per heavy atom. The van der Waals surface area contributed by atoms with Crippen molar-refractivity contribution in [3.05, 3.63) is 41.6 Å². The number of allylic oxidation sites excluding steroid dienone is 1. The summed E-state index contributed by atoms with van der Waals surface area (Å²) in [6, 6.07) is 8.33. The summed E-state index contributed by atoms with van der Waals surface area (Å²) in [5.41, 5.74) is 2.05. The van der Waals surface area contributed by atoms with Crippen LogP contribution in [0.3, 0.4) is 0 Å². The van der Waals surface area contributed by atoms with Gasteiger partial charge in [-0.05, 0) is 49.1 Å². The molecule has 0 heterocycles. The van der Waals surface area contributed by atoms with Crippen molar-refractivity contribution in [3.8, 4) is 5.75 Å². The number of carbonyl (C=O) groups is 2. The van der Waals surface area contributed by atoms with Gasteiger partial charge < -0.3 is 26.0 Å². The summed E-state index contributed by atoms with van der Waals surface area (Å²) in [6.07, 6.45) is 8.28. The molecule has 0 radical (unpaired) electrons. The van der Waals surface area contributed by atoms with Crippen LogP contribution >= 0.6 is 0 Å². The third-order valence-corrected chi connectivity index (χ3v) is 6.16. The third-order valence-electron chi connectivity index (χ3n) is 6.16. The molecule has 1 aliphatic rings. The summed E-state index contributed by atoms with van der Waals surface area (Å²) < 4.78 is 6.09. The van der Waals surface area contributed by atoms with Crippen LogP contribution in [0, 0.1) is 5.92 Å². The highest BCUT2D eigenvalue weighted by molar-refractivity contribution is 5.78. The van der Waals surface area contributed by atoms with Gasteiger partial charge >= 0.3 is 0 Å². The Kier molecular flexibility index (Phi) is 11.9. The standard InChI is InChI=1S/C27H44N4O3/c1-5-8-23(30-19-26(33)31-21(2)17-22-11-12-22)18-28-15-16-34-25-10-7-6-9-24(25)27(3,4)13-14-29-20-32/h6-10,20-22,28,30H,5,11-19H2,1-4H3,(H,29,32)(H,31,33)/b23-8-. The van der Waals surface area contributed by atoms with E-state index in [1.54, 1.807) is 0 Å². The molecule has 4 N–H and O–H groups in total.